The summed E-state index contributed by atoms with van der Waals surface area (Å²) in [6.45, 7) is 7.15. The highest BCUT2D eigenvalue weighted by atomic mass is 16.6. The van der Waals surface area contributed by atoms with Crippen LogP contribution in [-0.4, -0.2) is 35.7 Å². The van der Waals surface area contributed by atoms with Gasteiger partial charge in [0.1, 0.15) is 0 Å². The summed E-state index contributed by atoms with van der Waals surface area (Å²) in [5.74, 6) is 0.190. The summed E-state index contributed by atoms with van der Waals surface area (Å²) >= 11 is 0. The first-order chi connectivity index (χ1) is 9.61. The molecule has 0 saturated carbocycles. The van der Waals surface area contributed by atoms with Crippen molar-refractivity contribution >= 4 is 11.6 Å². The van der Waals surface area contributed by atoms with Gasteiger partial charge >= 0.3 is 0 Å². The van der Waals surface area contributed by atoms with E-state index in [4.69, 9.17) is 4.84 Å². The van der Waals surface area contributed by atoms with Crippen LogP contribution in [0.5, 0.6) is 0 Å². The second kappa shape index (κ2) is 6.55. The van der Waals surface area contributed by atoms with Crippen molar-refractivity contribution in [2.75, 3.05) is 13.1 Å². The van der Waals surface area contributed by atoms with Crippen LogP contribution in [0.1, 0.15) is 32.8 Å². The predicted molar refractivity (Wildman–Crippen MR) is 79.6 cm³/mol. The maximum atomic E-state index is 12.0. The van der Waals surface area contributed by atoms with Gasteiger partial charge in [0.15, 0.2) is 6.10 Å². The molecule has 108 valence electrons. The van der Waals surface area contributed by atoms with Gasteiger partial charge in [-0.05, 0) is 12.5 Å². The molecule has 0 saturated heterocycles. The number of amides is 1. The Morgan fingerprint density at radius 3 is 2.70 bits per heavy atom. The van der Waals surface area contributed by atoms with E-state index in [0.29, 0.717) is 13.1 Å². The maximum Gasteiger partial charge on any atom is 0.225 e. The Morgan fingerprint density at radius 1 is 1.40 bits per heavy atom. The van der Waals surface area contributed by atoms with Crippen molar-refractivity contribution < 1.29 is 9.63 Å². The highest BCUT2D eigenvalue weighted by Gasteiger charge is 2.26. The van der Waals surface area contributed by atoms with Gasteiger partial charge in [-0.3, -0.25) is 4.79 Å². The van der Waals surface area contributed by atoms with E-state index in [2.05, 4.69) is 5.16 Å². The Kier molecular flexibility index (Phi) is 4.77. The van der Waals surface area contributed by atoms with Gasteiger partial charge < -0.3 is 9.74 Å². The highest BCUT2D eigenvalue weighted by Crippen LogP contribution is 2.18. The van der Waals surface area contributed by atoms with Crippen LogP contribution in [-0.2, 0) is 9.63 Å². The zero-order valence-electron chi connectivity index (χ0n) is 12.4. The number of carbonyl (C=O) groups is 1. The smallest absolute Gasteiger partial charge is 0.225 e. The Bertz CT molecular complexity index is 483. The third-order valence-corrected chi connectivity index (χ3v) is 3.45. The van der Waals surface area contributed by atoms with Gasteiger partial charge in [0.2, 0.25) is 5.91 Å². The first kappa shape index (κ1) is 14.6. The summed E-state index contributed by atoms with van der Waals surface area (Å²) in [7, 11) is 0. The molecular weight excluding hydrogens is 252 g/mol. The zero-order chi connectivity index (χ0) is 14.5. The second-order valence-corrected chi connectivity index (χ2v) is 5.37. The van der Waals surface area contributed by atoms with E-state index < -0.39 is 0 Å². The number of rotatable bonds is 5. The molecule has 0 unspecified atom stereocenters. The molecule has 4 nitrogen and oxygen atoms in total. The molecule has 0 radical (unpaired) electrons. The lowest BCUT2D eigenvalue weighted by Crippen LogP contribution is -2.39. The fourth-order valence-corrected chi connectivity index (χ4v) is 2.31. The number of hydrogen-bond acceptors (Lipinski definition) is 3. The fraction of sp³-hybridized carbons (Fsp3) is 0.500. The Labute approximate surface area is 120 Å². The standard InChI is InChI=1S/C16H22N2O2/c1-4-18(16(19)12(2)3)11-14-10-15(17-20-14)13-8-6-5-7-9-13/h5-9,12,14H,4,10-11H2,1-3H3/t14-/m1/s1. The van der Waals surface area contributed by atoms with E-state index in [9.17, 15) is 4.79 Å². The number of likely N-dealkylation sites (N-methyl/N-ethyl adjacent to an activating group) is 1. The van der Waals surface area contributed by atoms with Crippen LogP contribution in [0.4, 0.5) is 0 Å². The Balaban J connectivity index is 1.93. The van der Waals surface area contributed by atoms with Crippen LogP contribution in [0.15, 0.2) is 35.5 Å². The van der Waals surface area contributed by atoms with E-state index >= 15 is 0 Å². The number of benzene rings is 1. The quantitative estimate of drug-likeness (QED) is 0.828. The van der Waals surface area contributed by atoms with E-state index in [1.807, 2.05) is 56.0 Å². The molecule has 1 heterocycles. The number of nitrogens with zero attached hydrogens (tertiary/aromatic N) is 2. The van der Waals surface area contributed by atoms with Gasteiger partial charge in [-0.15, -0.1) is 0 Å². The first-order valence-electron chi connectivity index (χ1n) is 7.18. The molecule has 1 aliphatic rings. The van der Waals surface area contributed by atoms with E-state index in [1.165, 1.54) is 0 Å². The molecule has 0 bridgehead atoms. The molecule has 20 heavy (non-hydrogen) atoms. The second-order valence-electron chi connectivity index (χ2n) is 5.37. The van der Waals surface area contributed by atoms with Gasteiger partial charge in [0, 0.05) is 18.9 Å². The average molecular weight is 274 g/mol. The first-order valence-corrected chi connectivity index (χ1v) is 7.18. The van der Waals surface area contributed by atoms with E-state index in [1.54, 1.807) is 0 Å². The molecule has 1 aromatic rings. The molecule has 0 spiro atoms. The normalized spacial score (nSPS) is 17.8. The van der Waals surface area contributed by atoms with Crippen molar-refractivity contribution in [1.29, 1.82) is 0 Å². The number of oxime groups is 1. The summed E-state index contributed by atoms with van der Waals surface area (Å²) in [5, 5.41) is 4.16. The van der Waals surface area contributed by atoms with Crippen molar-refractivity contribution in [2.45, 2.75) is 33.3 Å². The van der Waals surface area contributed by atoms with Gasteiger partial charge in [0.05, 0.1) is 12.3 Å². The van der Waals surface area contributed by atoms with Crippen LogP contribution in [0.2, 0.25) is 0 Å². The average Bonchev–Trinajstić information content (AvgIpc) is 2.93. The summed E-state index contributed by atoms with van der Waals surface area (Å²) in [6.07, 6.45) is 0.721. The monoisotopic (exact) mass is 274 g/mol. The summed E-state index contributed by atoms with van der Waals surface area (Å²) < 4.78 is 0. The predicted octanol–water partition coefficient (Wildman–Crippen LogP) is 2.68. The lowest BCUT2D eigenvalue weighted by Gasteiger charge is -2.24. The lowest BCUT2D eigenvalue weighted by atomic mass is 10.0. The van der Waals surface area contributed by atoms with Gasteiger partial charge in [-0.2, -0.15) is 0 Å². The molecule has 0 N–H and O–H groups in total. The molecule has 1 aromatic carbocycles. The Morgan fingerprint density at radius 2 is 2.10 bits per heavy atom. The summed E-state index contributed by atoms with van der Waals surface area (Å²) in [6, 6.07) is 10.0. The minimum Gasteiger partial charge on any atom is -0.390 e. The molecule has 0 fully saturated rings. The fourth-order valence-electron chi connectivity index (χ4n) is 2.31. The van der Waals surface area contributed by atoms with Crippen molar-refractivity contribution in [2.24, 2.45) is 11.1 Å². The molecule has 1 aliphatic heterocycles. The van der Waals surface area contributed by atoms with Crippen molar-refractivity contribution in [3.8, 4) is 0 Å². The summed E-state index contributed by atoms with van der Waals surface area (Å²) in [4.78, 5) is 19.4. The zero-order valence-corrected chi connectivity index (χ0v) is 12.4. The third-order valence-electron chi connectivity index (χ3n) is 3.45. The molecule has 2 rings (SSSR count). The molecule has 0 aromatic heterocycles. The van der Waals surface area contributed by atoms with Crippen LogP contribution in [0.3, 0.4) is 0 Å². The number of carbonyl (C=O) groups excluding carboxylic acids is 1. The lowest BCUT2D eigenvalue weighted by molar-refractivity contribution is -0.136. The number of hydrogen-bond donors (Lipinski definition) is 0. The molecular formula is C16H22N2O2. The van der Waals surface area contributed by atoms with Crippen LogP contribution >= 0.6 is 0 Å². The summed E-state index contributed by atoms with van der Waals surface area (Å²) in [5.41, 5.74) is 2.05. The molecule has 1 amide bonds. The van der Waals surface area contributed by atoms with Gasteiger partial charge in [-0.25, -0.2) is 0 Å². The Hall–Kier alpha value is -1.84. The minimum atomic E-state index is -0.0344. The largest absolute Gasteiger partial charge is 0.390 e. The van der Waals surface area contributed by atoms with Crippen molar-refractivity contribution in [3.05, 3.63) is 35.9 Å². The molecule has 1 atom stereocenters. The third kappa shape index (κ3) is 3.38. The SMILES string of the molecule is CCN(C[C@H]1CC(c2ccccc2)=NO1)C(=O)C(C)C. The molecule has 0 aliphatic carbocycles. The highest BCUT2D eigenvalue weighted by molar-refractivity contribution is 6.01. The van der Waals surface area contributed by atoms with Gasteiger partial charge in [-0.1, -0.05) is 49.3 Å². The maximum absolute atomic E-state index is 12.0. The van der Waals surface area contributed by atoms with Crippen LogP contribution in [0, 0.1) is 5.92 Å². The topological polar surface area (TPSA) is 41.9 Å². The minimum absolute atomic E-state index is 0.0193. The van der Waals surface area contributed by atoms with E-state index in [0.717, 1.165) is 17.7 Å². The van der Waals surface area contributed by atoms with Crippen LogP contribution < -0.4 is 0 Å². The van der Waals surface area contributed by atoms with E-state index in [-0.39, 0.29) is 17.9 Å². The van der Waals surface area contributed by atoms with Crippen molar-refractivity contribution in [1.82, 2.24) is 4.90 Å². The van der Waals surface area contributed by atoms with Crippen molar-refractivity contribution in [3.63, 3.8) is 0 Å². The molecule has 4 heteroatoms. The van der Waals surface area contributed by atoms with Gasteiger partial charge in [0.25, 0.3) is 0 Å². The van der Waals surface area contributed by atoms with Crippen LogP contribution in [0.25, 0.3) is 0 Å².